The number of phenolic OH excluding ortho intramolecular Hbond substituents is 1. The van der Waals surface area contributed by atoms with E-state index in [1.165, 1.54) is 11.8 Å². The molecule has 1 heterocycles. The summed E-state index contributed by atoms with van der Waals surface area (Å²) in [6.07, 6.45) is 1.55. The van der Waals surface area contributed by atoms with Crippen LogP contribution in [0.5, 0.6) is 5.75 Å². The van der Waals surface area contributed by atoms with Gasteiger partial charge in [-0.05, 0) is 30.3 Å². The SMILES string of the molecule is N#Cc1ccnc(Sc2ccc(O)cc2)c1Cl. The number of nitriles is 1. The topological polar surface area (TPSA) is 56.9 Å². The molecule has 0 amide bonds. The molecule has 0 radical (unpaired) electrons. The highest BCUT2D eigenvalue weighted by Crippen LogP contribution is 2.33. The van der Waals surface area contributed by atoms with E-state index in [4.69, 9.17) is 22.0 Å². The molecule has 3 nitrogen and oxygen atoms in total. The second-order valence-electron chi connectivity index (χ2n) is 3.19. The van der Waals surface area contributed by atoms with E-state index in [-0.39, 0.29) is 5.75 Å². The maximum atomic E-state index is 9.17. The molecule has 0 aliphatic heterocycles. The lowest BCUT2D eigenvalue weighted by Crippen LogP contribution is -1.85. The third-order valence-corrected chi connectivity index (χ3v) is 3.53. The molecular weight excluding hydrogens is 256 g/mol. The molecule has 0 saturated carbocycles. The van der Waals surface area contributed by atoms with Crippen molar-refractivity contribution in [3.63, 3.8) is 0 Å². The van der Waals surface area contributed by atoms with Crippen LogP contribution in [0.1, 0.15) is 5.56 Å². The summed E-state index contributed by atoms with van der Waals surface area (Å²) in [6, 6.07) is 10.3. The largest absolute Gasteiger partial charge is 0.508 e. The van der Waals surface area contributed by atoms with Crippen LogP contribution in [0.2, 0.25) is 5.02 Å². The van der Waals surface area contributed by atoms with Crippen LogP contribution in [0.25, 0.3) is 0 Å². The number of pyridine rings is 1. The van der Waals surface area contributed by atoms with Gasteiger partial charge in [-0.3, -0.25) is 0 Å². The van der Waals surface area contributed by atoms with Gasteiger partial charge in [0.05, 0.1) is 10.6 Å². The second-order valence-corrected chi connectivity index (χ2v) is 4.63. The Kier molecular flexibility index (Phi) is 3.52. The molecule has 0 atom stereocenters. The predicted molar refractivity (Wildman–Crippen MR) is 66.2 cm³/mol. The average molecular weight is 263 g/mol. The fraction of sp³-hybridized carbons (Fsp3) is 0. The van der Waals surface area contributed by atoms with Crippen molar-refractivity contribution in [2.24, 2.45) is 0 Å². The first-order chi connectivity index (χ1) is 8.20. The maximum Gasteiger partial charge on any atom is 0.121 e. The molecule has 0 aliphatic carbocycles. The lowest BCUT2D eigenvalue weighted by Gasteiger charge is -2.04. The first-order valence-corrected chi connectivity index (χ1v) is 5.91. The highest BCUT2D eigenvalue weighted by Gasteiger charge is 2.08. The Hall–Kier alpha value is -1.70. The van der Waals surface area contributed by atoms with E-state index in [1.807, 2.05) is 6.07 Å². The monoisotopic (exact) mass is 262 g/mol. The number of aromatic nitrogens is 1. The molecule has 2 aromatic rings. The second kappa shape index (κ2) is 5.09. The standard InChI is InChI=1S/C12H7ClN2OS/c13-11-8(7-14)5-6-15-12(11)17-10-3-1-9(16)2-4-10/h1-6,16H. The summed E-state index contributed by atoms with van der Waals surface area (Å²) in [4.78, 5) is 5.02. The van der Waals surface area contributed by atoms with Crippen molar-refractivity contribution in [1.82, 2.24) is 4.98 Å². The highest BCUT2D eigenvalue weighted by atomic mass is 35.5. The fourth-order valence-electron chi connectivity index (χ4n) is 1.21. The van der Waals surface area contributed by atoms with Gasteiger partial charge in [-0.2, -0.15) is 5.26 Å². The van der Waals surface area contributed by atoms with Crippen molar-refractivity contribution in [3.05, 3.63) is 47.1 Å². The van der Waals surface area contributed by atoms with E-state index in [9.17, 15) is 0 Å². The average Bonchev–Trinajstić information content (AvgIpc) is 2.35. The summed E-state index contributed by atoms with van der Waals surface area (Å²) < 4.78 is 0. The van der Waals surface area contributed by atoms with Gasteiger partial charge >= 0.3 is 0 Å². The third kappa shape index (κ3) is 2.70. The van der Waals surface area contributed by atoms with Crippen molar-refractivity contribution in [2.45, 2.75) is 9.92 Å². The van der Waals surface area contributed by atoms with Gasteiger partial charge < -0.3 is 5.11 Å². The van der Waals surface area contributed by atoms with Gasteiger partial charge in [-0.15, -0.1) is 0 Å². The van der Waals surface area contributed by atoms with Crippen molar-refractivity contribution in [2.75, 3.05) is 0 Å². The number of benzene rings is 1. The molecule has 84 valence electrons. The van der Waals surface area contributed by atoms with Crippen molar-refractivity contribution in [3.8, 4) is 11.8 Å². The zero-order valence-corrected chi connectivity index (χ0v) is 10.2. The van der Waals surface area contributed by atoms with Crippen LogP contribution in [-0.2, 0) is 0 Å². The lowest BCUT2D eigenvalue weighted by atomic mass is 10.3. The zero-order valence-electron chi connectivity index (χ0n) is 8.59. The minimum Gasteiger partial charge on any atom is -0.508 e. The van der Waals surface area contributed by atoms with Gasteiger partial charge in [0.2, 0.25) is 0 Å². The first kappa shape index (κ1) is 11.8. The molecular formula is C12H7ClN2OS. The molecule has 0 unspecified atom stereocenters. The van der Waals surface area contributed by atoms with E-state index < -0.39 is 0 Å². The van der Waals surface area contributed by atoms with E-state index in [2.05, 4.69) is 4.98 Å². The van der Waals surface area contributed by atoms with Crippen LogP contribution < -0.4 is 0 Å². The van der Waals surface area contributed by atoms with E-state index in [0.717, 1.165) is 4.90 Å². The molecule has 2 rings (SSSR count). The number of halogens is 1. The Morgan fingerprint density at radius 3 is 2.59 bits per heavy atom. The van der Waals surface area contributed by atoms with Gasteiger partial charge in [-0.25, -0.2) is 4.98 Å². The first-order valence-electron chi connectivity index (χ1n) is 4.72. The summed E-state index contributed by atoms with van der Waals surface area (Å²) >= 11 is 7.38. The Morgan fingerprint density at radius 2 is 1.94 bits per heavy atom. The highest BCUT2D eigenvalue weighted by molar-refractivity contribution is 7.99. The Bertz CT molecular complexity index is 578. The van der Waals surface area contributed by atoms with Crippen LogP contribution in [0.3, 0.4) is 0 Å². The maximum absolute atomic E-state index is 9.17. The molecule has 1 N–H and O–H groups in total. The number of phenols is 1. The number of hydrogen-bond donors (Lipinski definition) is 1. The van der Waals surface area contributed by atoms with Gasteiger partial charge in [0.25, 0.3) is 0 Å². The zero-order chi connectivity index (χ0) is 12.3. The summed E-state index contributed by atoms with van der Waals surface area (Å²) in [7, 11) is 0. The van der Waals surface area contributed by atoms with E-state index >= 15 is 0 Å². The molecule has 0 saturated heterocycles. The molecule has 1 aromatic heterocycles. The summed E-state index contributed by atoms with van der Waals surface area (Å²) in [5.41, 5.74) is 0.406. The van der Waals surface area contributed by atoms with Gasteiger partial charge in [-0.1, -0.05) is 23.4 Å². The fourth-order valence-corrected chi connectivity index (χ4v) is 2.29. The van der Waals surface area contributed by atoms with Crippen molar-refractivity contribution >= 4 is 23.4 Å². The normalized spacial score (nSPS) is 9.88. The summed E-state index contributed by atoms with van der Waals surface area (Å²) in [5.74, 6) is 0.208. The number of hydrogen-bond acceptors (Lipinski definition) is 4. The molecule has 0 spiro atoms. The Labute approximate surface area is 108 Å². The Morgan fingerprint density at radius 1 is 1.24 bits per heavy atom. The molecule has 0 aliphatic rings. The van der Waals surface area contributed by atoms with E-state index in [1.54, 1.807) is 36.5 Å². The molecule has 17 heavy (non-hydrogen) atoms. The van der Waals surface area contributed by atoms with Crippen LogP contribution in [0, 0.1) is 11.3 Å². The van der Waals surface area contributed by atoms with Gasteiger partial charge in [0.15, 0.2) is 0 Å². The van der Waals surface area contributed by atoms with Crippen LogP contribution >= 0.6 is 23.4 Å². The minimum absolute atomic E-state index is 0.208. The van der Waals surface area contributed by atoms with Gasteiger partial charge in [0, 0.05) is 11.1 Å². The van der Waals surface area contributed by atoms with Crippen molar-refractivity contribution in [1.29, 1.82) is 5.26 Å². The molecule has 1 aromatic carbocycles. The molecule has 0 fully saturated rings. The quantitative estimate of drug-likeness (QED) is 0.900. The van der Waals surface area contributed by atoms with Crippen LogP contribution in [0.4, 0.5) is 0 Å². The lowest BCUT2D eigenvalue weighted by molar-refractivity contribution is 0.475. The Balaban J connectivity index is 2.31. The minimum atomic E-state index is 0.208. The molecule has 5 heteroatoms. The van der Waals surface area contributed by atoms with Gasteiger partial charge in [0.1, 0.15) is 16.8 Å². The van der Waals surface area contributed by atoms with Crippen LogP contribution in [-0.4, -0.2) is 10.1 Å². The summed E-state index contributed by atoms with van der Waals surface area (Å²) in [5, 5.41) is 18.9. The number of aromatic hydroxyl groups is 1. The van der Waals surface area contributed by atoms with Crippen molar-refractivity contribution < 1.29 is 5.11 Å². The summed E-state index contributed by atoms with van der Waals surface area (Å²) in [6.45, 7) is 0. The number of rotatable bonds is 2. The predicted octanol–water partition coefficient (Wildman–Crippen LogP) is 3.46. The molecule has 0 bridgehead atoms. The number of nitrogens with zero attached hydrogens (tertiary/aromatic N) is 2. The smallest absolute Gasteiger partial charge is 0.121 e. The van der Waals surface area contributed by atoms with Crippen LogP contribution in [0.15, 0.2) is 46.5 Å². The van der Waals surface area contributed by atoms with E-state index in [0.29, 0.717) is 15.6 Å². The third-order valence-electron chi connectivity index (χ3n) is 2.03.